The van der Waals surface area contributed by atoms with Crippen LogP contribution in [0.3, 0.4) is 0 Å². The standard InChI is InChI=1S/C9H16FNO/c1-9(2,3)8(12)11-5-4-7(10)6-11/h7H,4-6H2,1-3H3. The van der Waals surface area contributed by atoms with Gasteiger partial charge in [0.15, 0.2) is 0 Å². The molecule has 70 valence electrons. The van der Waals surface area contributed by atoms with Crippen molar-refractivity contribution in [1.82, 2.24) is 4.90 Å². The van der Waals surface area contributed by atoms with Gasteiger partial charge in [0, 0.05) is 12.0 Å². The molecule has 1 aliphatic heterocycles. The molecule has 12 heavy (non-hydrogen) atoms. The predicted molar refractivity (Wildman–Crippen MR) is 45.5 cm³/mol. The Morgan fingerprint density at radius 1 is 1.50 bits per heavy atom. The molecule has 0 radical (unpaired) electrons. The van der Waals surface area contributed by atoms with Crippen molar-refractivity contribution in [2.75, 3.05) is 13.1 Å². The number of likely N-dealkylation sites (tertiary alicyclic amines) is 1. The maximum Gasteiger partial charge on any atom is 0.228 e. The van der Waals surface area contributed by atoms with Crippen molar-refractivity contribution in [3.63, 3.8) is 0 Å². The fourth-order valence-electron chi connectivity index (χ4n) is 1.38. The maximum atomic E-state index is 12.7. The number of hydrogen-bond acceptors (Lipinski definition) is 1. The lowest BCUT2D eigenvalue weighted by atomic mass is 9.95. The molecule has 0 spiro atoms. The molecule has 3 heteroatoms. The molecule has 1 fully saturated rings. The summed E-state index contributed by atoms with van der Waals surface area (Å²) in [6.45, 7) is 6.45. The summed E-state index contributed by atoms with van der Waals surface area (Å²) in [5.41, 5.74) is -0.371. The zero-order valence-corrected chi connectivity index (χ0v) is 7.93. The van der Waals surface area contributed by atoms with Crippen molar-refractivity contribution in [1.29, 1.82) is 0 Å². The minimum Gasteiger partial charge on any atom is -0.339 e. The van der Waals surface area contributed by atoms with Crippen LogP contribution in [-0.4, -0.2) is 30.1 Å². The van der Waals surface area contributed by atoms with Crippen LogP contribution in [0.1, 0.15) is 27.2 Å². The van der Waals surface area contributed by atoms with Crippen molar-refractivity contribution in [2.45, 2.75) is 33.4 Å². The topological polar surface area (TPSA) is 20.3 Å². The van der Waals surface area contributed by atoms with Crippen LogP contribution in [0.5, 0.6) is 0 Å². The van der Waals surface area contributed by atoms with E-state index in [1.807, 2.05) is 20.8 Å². The summed E-state index contributed by atoms with van der Waals surface area (Å²) in [5, 5.41) is 0. The Bertz CT molecular complexity index is 185. The zero-order valence-electron chi connectivity index (χ0n) is 7.93. The highest BCUT2D eigenvalue weighted by atomic mass is 19.1. The van der Waals surface area contributed by atoms with Gasteiger partial charge in [-0.3, -0.25) is 4.79 Å². The molecule has 0 aromatic rings. The smallest absolute Gasteiger partial charge is 0.228 e. The molecule has 0 bridgehead atoms. The van der Waals surface area contributed by atoms with Crippen LogP contribution >= 0.6 is 0 Å². The number of rotatable bonds is 0. The van der Waals surface area contributed by atoms with Gasteiger partial charge in [0.05, 0.1) is 6.54 Å². The quantitative estimate of drug-likeness (QED) is 0.545. The fraction of sp³-hybridized carbons (Fsp3) is 0.889. The first-order valence-corrected chi connectivity index (χ1v) is 4.34. The van der Waals surface area contributed by atoms with Crippen LogP contribution in [0, 0.1) is 5.41 Å². The fourth-order valence-corrected chi connectivity index (χ4v) is 1.38. The summed E-state index contributed by atoms with van der Waals surface area (Å²) in [4.78, 5) is 13.2. The van der Waals surface area contributed by atoms with E-state index in [-0.39, 0.29) is 17.9 Å². The van der Waals surface area contributed by atoms with Crippen LogP contribution in [0.4, 0.5) is 4.39 Å². The van der Waals surface area contributed by atoms with E-state index in [1.54, 1.807) is 4.90 Å². The predicted octanol–water partition coefficient (Wildman–Crippen LogP) is 1.60. The molecule has 1 saturated heterocycles. The molecule has 0 N–H and O–H groups in total. The number of hydrogen-bond donors (Lipinski definition) is 0. The van der Waals surface area contributed by atoms with Gasteiger partial charge in [0.25, 0.3) is 0 Å². The van der Waals surface area contributed by atoms with Crippen LogP contribution < -0.4 is 0 Å². The SMILES string of the molecule is CC(C)(C)C(=O)N1CCC(F)C1. The van der Waals surface area contributed by atoms with Gasteiger partial charge in [-0.05, 0) is 6.42 Å². The highest BCUT2D eigenvalue weighted by Gasteiger charge is 2.32. The first kappa shape index (κ1) is 9.49. The summed E-state index contributed by atoms with van der Waals surface area (Å²) >= 11 is 0. The summed E-state index contributed by atoms with van der Waals surface area (Å²) < 4.78 is 12.7. The van der Waals surface area contributed by atoms with E-state index in [0.717, 1.165) is 0 Å². The van der Waals surface area contributed by atoms with Crippen LogP contribution in [0.15, 0.2) is 0 Å². The molecule has 0 aromatic carbocycles. The van der Waals surface area contributed by atoms with Gasteiger partial charge in [-0.2, -0.15) is 0 Å². The third kappa shape index (κ3) is 1.96. The first-order valence-electron chi connectivity index (χ1n) is 4.34. The lowest BCUT2D eigenvalue weighted by Gasteiger charge is -2.24. The number of nitrogens with zero attached hydrogens (tertiary/aromatic N) is 1. The van der Waals surface area contributed by atoms with Crippen molar-refractivity contribution in [3.8, 4) is 0 Å². The first-order chi connectivity index (χ1) is 5.41. The zero-order chi connectivity index (χ0) is 9.35. The van der Waals surface area contributed by atoms with E-state index in [2.05, 4.69) is 0 Å². The highest BCUT2D eigenvalue weighted by molar-refractivity contribution is 5.81. The minimum absolute atomic E-state index is 0.0580. The Labute approximate surface area is 72.7 Å². The van der Waals surface area contributed by atoms with Gasteiger partial charge < -0.3 is 4.90 Å². The largest absolute Gasteiger partial charge is 0.339 e. The van der Waals surface area contributed by atoms with Crippen molar-refractivity contribution >= 4 is 5.91 Å². The normalized spacial score (nSPS) is 24.7. The monoisotopic (exact) mass is 173 g/mol. The number of carbonyl (C=O) groups is 1. The molecule has 1 amide bonds. The Balaban J connectivity index is 2.55. The maximum absolute atomic E-state index is 12.7. The van der Waals surface area contributed by atoms with Crippen LogP contribution in [0.25, 0.3) is 0 Å². The molecule has 1 atom stereocenters. The van der Waals surface area contributed by atoms with Gasteiger partial charge >= 0.3 is 0 Å². The third-order valence-electron chi connectivity index (χ3n) is 2.06. The Morgan fingerprint density at radius 3 is 2.42 bits per heavy atom. The lowest BCUT2D eigenvalue weighted by Crippen LogP contribution is -2.38. The van der Waals surface area contributed by atoms with E-state index in [0.29, 0.717) is 13.0 Å². The lowest BCUT2D eigenvalue weighted by molar-refractivity contribution is -0.138. The molecule has 1 aliphatic rings. The second-order valence-corrected chi connectivity index (χ2v) is 4.39. The van der Waals surface area contributed by atoms with Gasteiger partial charge in [-0.1, -0.05) is 20.8 Å². The van der Waals surface area contributed by atoms with Gasteiger partial charge in [0.1, 0.15) is 6.17 Å². The molecule has 0 aliphatic carbocycles. The molecule has 0 saturated carbocycles. The molecule has 0 aromatic heterocycles. The van der Waals surface area contributed by atoms with Crippen molar-refractivity contribution in [3.05, 3.63) is 0 Å². The Hall–Kier alpha value is -0.600. The van der Waals surface area contributed by atoms with E-state index < -0.39 is 6.17 Å². The molecule has 1 rings (SSSR count). The third-order valence-corrected chi connectivity index (χ3v) is 2.06. The average Bonchev–Trinajstić information content (AvgIpc) is 2.32. The Morgan fingerprint density at radius 2 is 2.08 bits per heavy atom. The highest BCUT2D eigenvalue weighted by Crippen LogP contribution is 2.21. The summed E-state index contributed by atoms with van der Waals surface area (Å²) in [7, 11) is 0. The molecule has 2 nitrogen and oxygen atoms in total. The van der Waals surface area contributed by atoms with Crippen molar-refractivity contribution in [2.24, 2.45) is 5.41 Å². The van der Waals surface area contributed by atoms with Gasteiger partial charge in [-0.25, -0.2) is 4.39 Å². The van der Waals surface area contributed by atoms with Crippen LogP contribution in [0.2, 0.25) is 0 Å². The van der Waals surface area contributed by atoms with E-state index in [4.69, 9.17) is 0 Å². The summed E-state index contributed by atoms with van der Waals surface area (Å²) in [5.74, 6) is 0.0580. The van der Waals surface area contributed by atoms with Gasteiger partial charge in [0.2, 0.25) is 5.91 Å². The van der Waals surface area contributed by atoms with Crippen LogP contribution in [-0.2, 0) is 4.79 Å². The molecule has 1 unspecified atom stereocenters. The minimum atomic E-state index is -0.809. The molecular formula is C9H16FNO. The summed E-state index contributed by atoms with van der Waals surface area (Å²) in [6.07, 6.45) is -0.307. The number of amides is 1. The second kappa shape index (κ2) is 3.04. The molecular weight excluding hydrogens is 157 g/mol. The average molecular weight is 173 g/mol. The van der Waals surface area contributed by atoms with E-state index in [9.17, 15) is 9.18 Å². The summed E-state index contributed by atoms with van der Waals surface area (Å²) in [6, 6.07) is 0. The molecule has 1 heterocycles. The van der Waals surface area contributed by atoms with Gasteiger partial charge in [-0.15, -0.1) is 0 Å². The number of halogens is 1. The van der Waals surface area contributed by atoms with Crippen molar-refractivity contribution < 1.29 is 9.18 Å². The number of alkyl halides is 1. The number of carbonyl (C=O) groups excluding carboxylic acids is 1. The van der Waals surface area contributed by atoms with E-state index >= 15 is 0 Å². The van der Waals surface area contributed by atoms with E-state index in [1.165, 1.54) is 0 Å². The second-order valence-electron chi connectivity index (χ2n) is 4.39. The Kier molecular flexibility index (Phi) is 2.40.